The maximum atomic E-state index is 8.52. The summed E-state index contributed by atoms with van der Waals surface area (Å²) in [6.45, 7) is 6.47. The topological polar surface area (TPSA) is 38.7 Å². The molecule has 0 saturated heterocycles. The van der Waals surface area contributed by atoms with Gasteiger partial charge >= 0.3 is 0 Å². The summed E-state index contributed by atoms with van der Waals surface area (Å²) in [5.41, 5.74) is -0.325. The first-order valence-corrected chi connectivity index (χ1v) is 7.67. The summed E-state index contributed by atoms with van der Waals surface area (Å²) in [5, 5.41) is 12.5. The molecule has 1 N–H and O–H groups in total. The molecule has 0 aliphatic rings. The Kier molecular flexibility index (Phi) is 11.9. The SMILES string of the molecule is CCCCCCCC(C)(CCCCCC)OOO. The fraction of sp³-hybridized carbons (Fsp3) is 1.00. The van der Waals surface area contributed by atoms with Gasteiger partial charge in [0.05, 0.1) is 0 Å². The van der Waals surface area contributed by atoms with Crippen molar-refractivity contribution >= 4 is 0 Å². The second-order valence-corrected chi connectivity index (χ2v) is 5.58. The van der Waals surface area contributed by atoms with Crippen LogP contribution in [-0.2, 0) is 9.93 Å². The van der Waals surface area contributed by atoms with Crippen LogP contribution in [0.25, 0.3) is 0 Å². The normalized spacial score (nSPS) is 14.7. The predicted molar refractivity (Wildman–Crippen MR) is 75.3 cm³/mol. The Balaban J connectivity index is 3.78. The Labute approximate surface area is 113 Å². The zero-order valence-corrected chi connectivity index (χ0v) is 12.5. The van der Waals surface area contributed by atoms with Gasteiger partial charge in [0.1, 0.15) is 5.60 Å². The minimum Gasteiger partial charge on any atom is -0.221 e. The lowest BCUT2D eigenvalue weighted by Gasteiger charge is -2.26. The molecule has 0 amide bonds. The van der Waals surface area contributed by atoms with Crippen LogP contribution in [0.1, 0.15) is 91.4 Å². The van der Waals surface area contributed by atoms with Crippen molar-refractivity contribution in [2.75, 3.05) is 0 Å². The summed E-state index contributed by atoms with van der Waals surface area (Å²) in [6.07, 6.45) is 13.1. The smallest absolute Gasteiger partial charge is 0.104 e. The van der Waals surface area contributed by atoms with Crippen molar-refractivity contribution in [3.8, 4) is 0 Å². The van der Waals surface area contributed by atoms with Crippen molar-refractivity contribution in [2.24, 2.45) is 0 Å². The number of rotatable bonds is 13. The van der Waals surface area contributed by atoms with E-state index in [1.54, 1.807) is 0 Å². The van der Waals surface area contributed by atoms with Gasteiger partial charge < -0.3 is 0 Å². The van der Waals surface area contributed by atoms with Crippen LogP contribution in [0.15, 0.2) is 0 Å². The van der Waals surface area contributed by atoms with Gasteiger partial charge in [-0.3, -0.25) is 0 Å². The summed E-state index contributed by atoms with van der Waals surface area (Å²) in [5.74, 6) is 0. The molecule has 0 aromatic carbocycles. The molecule has 0 rings (SSSR count). The van der Waals surface area contributed by atoms with Crippen molar-refractivity contribution in [1.29, 1.82) is 0 Å². The van der Waals surface area contributed by atoms with E-state index in [1.807, 2.05) is 6.92 Å². The molecule has 0 fully saturated rings. The Morgan fingerprint density at radius 2 is 1.22 bits per heavy atom. The van der Waals surface area contributed by atoms with Crippen LogP contribution in [0.4, 0.5) is 0 Å². The fourth-order valence-electron chi connectivity index (χ4n) is 2.33. The van der Waals surface area contributed by atoms with Gasteiger partial charge in [-0.1, -0.05) is 76.7 Å². The van der Waals surface area contributed by atoms with Gasteiger partial charge in [0.25, 0.3) is 0 Å². The first kappa shape index (κ1) is 17.9. The van der Waals surface area contributed by atoms with Gasteiger partial charge in [0.15, 0.2) is 0 Å². The summed E-state index contributed by atoms with van der Waals surface area (Å²) >= 11 is 0. The second-order valence-electron chi connectivity index (χ2n) is 5.58. The molecule has 0 saturated carbocycles. The van der Waals surface area contributed by atoms with Crippen LogP contribution >= 0.6 is 0 Å². The van der Waals surface area contributed by atoms with Gasteiger partial charge in [0.2, 0.25) is 0 Å². The molecule has 0 aliphatic carbocycles. The van der Waals surface area contributed by atoms with E-state index in [4.69, 9.17) is 10.1 Å². The standard InChI is InChI=1S/C15H32O3/c1-4-6-8-10-12-14-15(3,17-18-16)13-11-9-7-5-2/h16H,4-14H2,1-3H3. The molecular weight excluding hydrogens is 228 g/mol. The molecule has 3 nitrogen and oxygen atoms in total. The molecule has 0 aliphatic heterocycles. The highest BCUT2D eigenvalue weighted by molar-refractivity contribution is 4.73. The molecule has 0 radical (unpaired) electrons. The minimum absolute atomic E-state index is 0.325. The summed E-state index contributed by atoms with van der Waals surface area (Å²) in [6, 6.07) is 0. The fourth-order valence-corrected chi connectivity index (χ4v) is 2.33. The zero-order chi connectivity index (χ0) is 13.7. The molecular formula is C15H32O3. The van der Waals surface area contributed by atoms with Gasteiger partial charge in [-0.05, 0) is 19.8 Å². The lowest BCUT2D eigenvalue weighted by Crippen LogP contribution is -2.28. The molecule has 0 aromatic rings. The molecule has 18 heavy (non-hydrogen) atoms. The second kappa shape index (κ2) is 11.9. The Morgan fingerprint density at radius 3 is 1.67 bits per heavy atom. The molecule has 1 atom stereocenters. The Bertz CT molecular complexity index is 173. The van der Waals surface area contributed by atoms with E-state index < -0.39 is 0 Å². The van der Waals surface area contributed by atoms with Crippen LogP contribution in [0.5, 0.6) is 0 Å². The van der Waals surface area contributed by atoms with E-state index in [0.29, 0.717) is 0 Å². The average molecular weight is 260 g/mol. The maximum Gasteiger partial charge on any atom is 0.104 e. The van der Waals surface area contributed by atoms with E-state index in [2.05, 4.69) is 18.9 Å². The van der Waals surface area contributed by atoms with Gasteiger partial charge in [-0.25, -0.2) is 10.1 Å². The van der Waals surface area contributed by atoms with Crippen molar-refractivity contribution in [3.63, 3.8) is 0 Å². The molecule has 0 bridgehead atoms. The van der Waals surface area contributed by atoms with Gasteiger partial charge in [-0.15, -0.1) is 0 Å². The number of hydrogen-bond donors (Lipinski definition) is 1. The van der Waals surface area contributed by atoms with Gasteiger partial charge in [0, 0.05) is 0 Å². The molecule has 0 heterocycles. The Morgan fingerprint density at radius 1 is 0.778 bits per heavy atom. The lowest BCUT2D eigenvalue weighted by molar-refractivity contribution is -0.525. The van der Waals surface area contributed by atoms with E-state index in [-0.39, 0.29) is 5.60 Å². The van der Waals surface area contributed by atoms with Crippen LogP contribution in [0, 0.1) is 0 Å². The largest absolute Gasteiger partial charge is 0.221 e. The summed E-state index contributed by atoms with van der Waals surface area (Å²) in [4.78, 5) is 5.07. The average Bonchev–Trinajstić information content (AvgIpc) is 2.35. The molecule has 1 unspecified atom stereocenters. The number of hydrogen-bond acceptors (Lipinski definition) is 3. The monoisotopic (exact) mass is 260 g/mol. The first-order valence-electron chi connectivity index (χ1n) is 7.67. The highest BCUT2D eigenvalue weighted by Crippen LogP contribution is 2.26. The highest BCUT2D eigenvalue weighted by atomic mass is 17.5. The number of unbranched alkanes of at least 4 members (excludes halogenated alkanes) is 7. The summed E-state index contributed by atoms with van der Waals surface area (Å²) < 4.78 is 0. The lowest BCUT2D eigenvalue weighted by atomic mass is 9.91. The van der Waals surface area contributed by atoms with Crippen molar-refractivity contribution < 1.29 is 15.2 Å². The first-order chi connectivity index (χ1) is 8.68. The molecule has 0 spiro atoms. The summed E-state index contributed by atoms with van der Waals surface area (Å²) in [7, 11) is 0. The molecule has 110 valence electrons. The van der Waals surface area contributed by atoms with Crippen molar-refractivity contribution in [1.82, 2.24) is 0 Å². The van der Waals surface area contributed by atoms with Crippen LogP contribution < -0.4 is 0 Å². The van der Waals surface area contributed by atoms with E-state index in [9.17, 15) is 0 Å². The van der Waals surface area contributed by atoms with E-state index in [1.165, 1.54) is 44.9 Å². The van der Waals surface area contributed by atoms with Crippen LogP contribution in [0.3, 0.4) is 0 Å². The van der Waals surface area contributed by atoms with Crippen LogP contribution in [-0.4, -0.2) is 10.9 Å². The minimum atomic E-state index is -0.325. The van der Waals surface area contributed by atoms with Gasteiger partial charge in [-0.2, -0.15) is 0 Å². The predicted octanol–water partition coefficient (Wildman–Crippen LogP) is 5.50. The third kappa shape index (κ3) is 9.86. The molecule has 3 heteroatoms. The third-order valence-corrected chi connectivity index (χ3v) is 3.61. The quantitative estimate of drug-likeness (QED) is 0.270. The Hall–Kier alpha value is -0.120. The van der Waals surface area contributed by atoms with Crippen molar-refractivity contribution in [3.05, 3.63) is 0 Å². The van der Waals surface area contributed by atoms with E-state index in [0.717, 1.165) is 25.7 Å². The van der Waals surface area contributed by atoms with Crippen LogP contribution in [0.2, 0.25) is 0 Å². The van der Waals surface area contributed by atoms with Crippen molar-refractivity contribution in [2.45, 2.75) is 97.0 Å². The van der Waals surface area contributed by atoms with E-state index >= 15 is 0 Å². The zero-order valence-electron chi connectivity index (χ0n) is 12.5. The molecule has 0 aromatic heterocycles. The highest BCUT2D eigenvalue weighted by Gasteiger charge is 2.25. The maximum absolute atomic E-state index is 8.52. The third-order valence-electron chi connectivity index (χ3n) is 3.61.